The molecule has 1 heterocycles. The van der Waals surface area contributed by atoms with Gasteiger partial charge in [-0.25, -0.2) is 0 Å². The molecule has 7 heavy (non-hydrogen) atoms. The summed E-state index contributed by atoms with van der Waals surface area (Å²) >= 11 is 0. The van der Waals surface area contributed by atoms with Crippen molar-refractivity contribution in [3.63, 3.8) is 0 Å². The Morgan fingerprint density at radius 3 is 2.14 bits per heavy atom. The van der Waals surface area contributed by atoms with Crippen LogP contribution in [-0.2, 0) is 0 Å². The summed E-state index contributed by atoms with van der Waals surface area (Å²) in [5.41, 5.74) is 0. The Kier molecular flexibility index (Phi) is 0.819. The first-order valence-corrected chi connectivity index (χ1v) is 2.26. The molecule has 1 rings (SSSR count). The number of halogens is 2. The standard InChI is InChI=1S/C4H7F2N/c1-3-2-4(5,6)7-3/h3,7H,2H2,1H3. The Morgan fingerprint density at radius 2 is 2.14 bits per heavy atom. The van der Waals surface area contributed by atoms with Gasteiger partial charge in [-0.1, -0.05) is 0 Å². The van der Waals surface area contributed by atoms with Gasteiger partial charge in [-0.3, -0.25) is 5.32 Å². The van der Waals surface area contributed by atoms with E-state index in [4.69, 9.17) is 0 Å². The second-order valence-corrected chi connectivity index (χ2v) is 1.95. The highest BCUT2D eigenvalue weighted by Crippen LogP contribution is 2.26. The molecule has 1 aliphatic rings. The molecule has 0 radical (unpaired) electrons. The smallest absolute Gasteiger partial charge is 0.255 e. The maximum atomic E-state index is 11.7. The fourth-order valence-electron chi connectivity index (χ4n) is 0.724. The number of alkyl halides is 2. The van der Waals surface area contributed by atoms with Crippen molar-refractivity contribution >= 4 is 0 Å². The van der Waals surface area contributed by atoms with Crippen LogP contribution in [-0.4, -0.2) is 12.1 Å². The quantitative estimate of drug-likeness (QED) is 0.454. The lowest BCUT2D eigenvalue weighted by Crippen LogP contribution is -2.56. The first kappa shape index (κ1) is 4.97. The van der Waals surface area contributed by atoms with Crippen LogP contribution >= 0.6 is 0 Å². The van der Waals surface area contributed by atoms with Crippen molar-refractivity contribution in [3.05, 3.63) is 0 Å². The largest absolute Gasteiger partial charge is 0.304 e. The SMILES string of the molecule is CC1CC(F)(F)N1. The van der Waals surface area contributed by atoms with E-state index in [0.29, 0.717) is 0 Å². The number of hydrogen-bond donors (Lipinski definition) is 1. The second kappa shape index (κ2) is 1.15. The van der Waals surface area contributed by atoms with Crippen LogP contribution in [0.2, 0.25) is 0 Å². The normalized spacial score (nSPS) is 37.3. The first-order chi connectivity index (χ1) is 3.10. The molecular weight excluding hydrogens is 100 g/mol. The molecular formula is C4H7F2N. The molecule has 0 aliphatic carbocycles. The molecule has 0 aromatic heterocycles. The van der Waals surface area contributed by atoms with Gasteiger partial charge in [-0.2, -0.15) is 8.78 Å². The van der Waals surface area contributed by atoms with E-state index in [9.17, 15) is 8.78 Å². The van der Waals surface area contributed by atoms with E-state index in [1.54, 1.807) is 6.92 Å². The summed E-state index contributed by atoms with van der Waals surface area (Å²) in [7, 11) is 0. The highest BCUT2D eigenvalue weighted by Gasteiger charge is 2.41. The molecule has 3 heteroatoms. The molecule has 0 bridgehead atoms. The van der Waals surface area contributed by atoms with E-state index >= 15 is 0 Å². The van der Waals surface area contributed by atoms with Crippen LogP contribution in [0.15, 0.2) is 0 Å². The predicted octanol–water partition coefficient (Wildman–Crippen LogP) is 0.961. The maximum Gasteiger partial charge on any atom is 0.304 e. The molecule has 1 N–H and O–H groups in total. The third-order valence-corrected chi connectivity index (χ3v) is 1.02. The molecule has 0 spiro atoms. The summed E-state index contributed by atoms with van der Waals surface area (Å²) in [6, 6.07) is -2.55. The monoisotopic (exact) mass is 107 g/mol. The number of nitrogens with one attached hydrogen (secondary N) is 1. The molecule has 1 unspecified atom stereocenters. The van der Waals surface area contributed by atoms with Crippen LogP contribution in [0.5, 0.6) is 0 Å². The van der Waals surface area contributed by atoms with E-state index in [1.165, 1.54) is 0 Å². The van der Waals surface area contributed by atoms with Gasteiger partial charge in [0.1, 0.15) is 0 Å². The summed E-state index contributed by atoms with van der Waals surface area (Å²) in [5, 5.41) is 2.05. The third-order valence-electron chi connectivity index (χ3n) is 1.02. The molecule has 0 aromatic rings. The molecule has 0 amide bonds. The van der Waals surface area contributed by atoms with Crippen molar-refractivity contribution in [2.75, 3.05) is 0 Å². The highest BCUT2D eigenvalue weighted by atomic mass is 19.3. The zero-order valence-corrected chi connectivity index (χ0v) is 4.04. The van der Waals surface area contributed by atoms with Crippen molar-refractivity contribution < 1.29 is 8.78 Å². The minimum atomic E-state index is -2.56. The molecule has 1 saturated heterocycles. The van der Waals surface area contributed by atoms with Crippen molar-refractivity contribution in [3.8, 4) is 0 Å². The van der Waals surface area contributed by atoms with Crippen LogP contribution in [0.1, 0.15) is 13.3 Å². The Balaban J connectivity index is 2.29. The fourth-order valence-corrected chi connectivity index (χ4v) is 0.724. The molecule has 1 nitrogen and oxygen atoms in total. The Hall–Kier alpha value is -0.180. The topological polar surface area (TPSA) is 12.0 Å². The van der Waals surface area contributed by atoms with Gasteiger partial charge in [0.2, 0.25) is 0 Å². The van der Waals surface area contributed by atoms with Crippen molar-refractivity contribution in [1.82, 2.24) is 5.32 Å². The summed E-state index contributed by atoms with van der Waals surface area (Å²) < 4.78 is 23.4. The average Bonchev–Trinajstić information content (AvgIpc) is 1.27. The molecule has 1 fully saturated rings. The molecule has 0 saturated carbocycles. The number of hydrogen-bond acceptors (Lipinski definition) is 1. The lowest BCUT2D eigenvalue weighted by Gasteiger charge is -2.33. The van der Waals surface area contributed by atoms with Crippen molar-refractivity contribution in [2.24, 2.45) is 0 Å². The Labute approximate surface area is 40.7 Å². The van der Waals surface area contributed by atoms with Crippen LogP contribution < -0.4 is 5.32 Å². The van der Waals surface area contributed by atoms with E-state index in [1.807, 2.05) is 5.32 Å². The Morgan fingerprint density at radius 1 is 1.71 bits per heavy atom. The average molecular weight is 107 g/mol. The van der Waals surface area contributed by atoms with Crippen LogP contribution in [0.3, 0.4) is 0 Å². The van der Waals surface area contributed by atoms with Crippen LogP contribution in [0.4, 0.5) is 8.78 Å². The van der Waals surface area contributed by atoms with E-state index < -0.39 is 6.05 Å². The zero-order valence-electron chi connectivity index (χ0n) is 4.04. The maximum absolute atomic E-state index is 11.7. The van der Waals surface area contributed by atoms with E-state index in [-0.39, 0.29) is 12.5 Å². The minimum Gasteiger partial charge on any atom is -0.255 e. The van der Waals surface area contributed by atoms with Gasteiger partial charge >= 0.3 is 6.05 Å². The van der Waals surface area contributed by atoms with Gasteiger partial charge in [0.05, 0.1) is 0 Å². The van der Waals surface area contributed by atoms with Gasteiger partial charge in [-0.15, -0.1) is 0 Å². The second-order valence-electron chi connectivity index (χ2n) is 1.95. The molecule has 1 atom stereocenters. The first-order valence-electron chi connectivity index (χ1n) is 2.26. The highest BCUT2D eigenvalue weighted by molar-refractivity contribution is 4.83. The van der Waals surface area contributed by atoms with Crippen LogP contribution in [0, 0.1) is 0 Å². The van der Waals surface area contributed by atoms with Gasteiger partial charge in [0, 0.05) is 12.5 Å². The predicted molar refractivity (Wildman–Crippen MR) is 22.2 cm³/mol. The van der Waals surface area contributed by atoms with Crippen LogP contribution in [0.25, 0.3) is 0 Å². The third kappa shape index (κ3) is 0.881. The van der Waals surface area contributed by atoms with E-state index in [2.05, 4.69) is 0 Å². The summed E-state index contributed by atoms with van der Waals surface area (Å²) in [6.45, 7) is 1.73. The van der Waals surface area contributed by atoms with Gasteiger partial charge in [0.15, 0.2) is 0 Å². The molecule has 1 aliphatic heterocycles. The van der Waals surface area contributed by atoms with Gasteiger partial charge < -0.3 is 0 Å². The van der Waals surface area contributed by atoms with Gasteiger partial charge in [-0.05, 0) is 6.92 Å². The number of rotatable bonds is 0. The summed E-state index contributed by atoms with van der Waals surface area (Å²) in [5.74, 6) is 0. The lowest BCUT2D eigenvalue weighted by molar-refractivity contribution is -0.118. The Bertz CT molecular complexity index is 73.8. The molecule has 0 aromatic carbocycles. The zero-order chi connectivity index (χ0) is 5.49. The minimum absolute atomic E-state index is 0.00694. The lowest BCUT2D eigenvalue weighted by atomic mass is 10.1. The molecule has 42 valence electrons. The summed E-state index contributed by atoms with van der Waals surface area (Å²) in [6.07, 6.45) is -0.00694. The fraction of sp³-hybridized carbons (Fsp3) is 1.00. The van der Waals surface area contributed by atoms with Crippen molar-refractivity contribution in [2.45, 2.75) is 25.4 Å². The summed E-state index contributed by atoms with van der Waals surface area (Å²) in [4.78, 5) is 0. The van der Waals surface area contributed by atoms with Crippen molar-refractivity contribution in [1.29, 1.82) is 0 Å². The van der Waals surface area contributed by atoms with Gasteiger partial charge in [0.25, 0.3) is 0 Å². The van der Waals surface area contributed by atoms with E-state index in [0.717, 1.165) is 0 Å².